The highest BCUT2D eigenvalue weighted by Gasteiger charge is 1.93. The SMILES string of the molecule is Fc1ccc(S/N=C/c2ccc(Cl)cc2)cc1. The monoisotopic (exact) mass is 265 g/mol. The standard InChI is InChI=1S/C13H9ClFNS/c14-11-3-1-10(2-4-11)9-16-17-13-7-5-12(15)6-8-13/h1-9H/b16-9+. The van der Waals surface area contributed by atoms with Crippen molar-refractivity contribution in [2.75, 3.05) is 0 Å². The van der Waals surface area contributed by atoms with Gasteiger partial charge in [-0.25, -0.2) is 8.79 Å². The van der Waals surface area contributed by atoms with Gasteiger partial charge in [0.15, 0.2) is 0 Å². The second-order valence-electron chi connectivity index (χ2n) is 3.33. The Balaban J connectivity index is 1.97. The van der Waals surface area contributed by atoms with E-state index in [1.807, 2.05) is 24.3 Å². The molecule has 2 aromatic rings. The number of nitrogens with zero attached hydrogens (tertiary/aromatic N) is 1. The van der Waals surface area contributed by atoms with Gasteiger partial charge in [-0.3, -0.25) is 0 Å². The Bertz CT molecular complexity index is 508. The maximum atomic E-state index is 12.7. The normalized spacial score (nSPS) is 10.9. The van der Waals surface area contributed by atoms with Crippen molar-refractivity contribution in [3.05, 3.63) is 64.9 Å². The molecule has 0 saturated carbocycles. The van der Waals surface area contributed by atoms with Crippen molar-refractivity contribution >= 4 is 29.8 Å². The molecule has 86 valence electrons. The Kier molecular flexibility index (Phi) is 4.18. The third-order valence-corrected chi connectivity index (χ3v) is 2.99. The van der Waals surface area contributed by atoms with Gasteiger partial charge in [0, 0.05) is 28.1 Å². The Hall–Kier alpha value is -1.32. The molecule has 0 saturated heterocycles. The van der Waals surface area contributed by atoms with E-state index in [1.54, 1.807) is 18.3 Å². The predicted octanol–water partition coefficient (Wildman–Crippen LogP) is 4.61. The summed E-state index contributed by atoms with van der Waals surface area (Å²) in [6, 6.07) is 13.6. The summed E-state index contributed by atoms with van der Waals surface area (Å²) >= 11 is 7.07. The summed E-state index contributed by atoms with van der Waals surface area (Å²) in [5, 5.41) is 0.702. The molecule has 0 atom stereocenters. The van der Waals surface area contributed by atoms with Gasteiger partial charge in [0.25, 0.3) is 0 Å². The number of rotatable bonds is 3. The largest absolute Gasteiger partial charge is 0.219 e. The summed E-state index contributed by atoms with van der Waals surface area (Å²) in [7, 11) is 0. The molecule has 0 aromatic heterocycles. The highest BCUT2D eigenvalue weighted by Crippen LogP contribution is 2.19. The maximum absolute atomic E-state index is 12.7. The van der Waals surface area contributed by atoms with Gasteiger partial charge in [0.1, 0.15) is 5.82 Å². The third kappa shape index (κ3) is 3.88. The summed E-state index contributed by atoms with van der Waals surface area (Å²) in [6.45, 7) is 0. The molecule has 0 heterocycles. The fourth-order valence-corrected chi connectivity index (χ4v) is 1.87. The van der Waals surface area contributed by atoms with Crippen LogP contribution in [0.15, 0.2) is 57.8 Å². The van der Waals surface area contributed by atoms with Crippen molar-refractivity contribution in [2.45, 2.75) is 4.90 Å². The van der Waals surface area contributed by atoms with Crippen LogP contribution in [0.3, 0.4) is 0 Å². The molecular formula is C13H9ClFNS. The lowest BCUT2D eigenvalue weighted by Gasteiger charge is -1.95. The Morgan fingerprint density at radius 2 is 1.65 bits per heavy atom. The minimum Gasteiger partial charge on any atom is -0.219 e. The predicted molar refractivity (Wildman–Crippen MR) is 71.3 cm³/mol. The van der Waals surface area contributed by atoms with Gasteiger partial charge in [-0.1, -0.05) is 23.7 Å². The average molecular weight is 266 g/mol. The second kappa shape index (κ2) is 5.84. The maximum Gasteiger partial charge on any atom is 0.123 e. The van der Waals surface area contributed by atoms with Crippen LogP contribution in [0.4, 0.5) is 4.39 Å². The van der Waals surface area contributed by atoms with Crippen molar-refractivity contribution in [1.82, 2.24) is 0 Å². The zero-order valence-corrected chi connectivity index (χ0v) is 10.4. The first kappa shape index (κ1) is 12.1. The van der Waals surface area contributed by atoms with E-state index in [0.717, 1.165) is 10.5 Å². The Labute approximate surface area is 108 Å². The highest BCUT2D eigenvalue weighted by atomic mass is 35.5. The lowest BCUT2D eigenvalue weighted by atomic mass is 10.2. The van der Waals surface area contributed by atoms with Crippen molar-refractivity contribution < 1.29 is 4.39 Å². The van der Waals surface area contributed by atoms with Gasteiger partial charge in [-0.2, -0.15) is 0 Å². The molecule has 0 amide bonds. The van der Waals surface area contributed by atoms with Gasteiger partial charge in [-0.15, -0.1) is 0 Å². The quantitative estimate of drug-likeness (QED) is 0.583. The molecule has 1 nitrogen and oxygen atoms in total. The van der Waals surface area contributed by atoms with Crippen molar-refractivity contribution in [3.8, 4) is 0 Å². The van der Waals surface area contributed by atoms with Gasteiger partial charge in [0.05, 0.1) is 0 Å². The van der Waals surface area contributed by atoms with E-state index in [4.69, 9.17) is 11.6 Å². The number of hydrogen-bond donors (Lipinski definition) is 0. The number of hydrogen-bond acceptors (Lipinski definition) is 2. The van der Waals surface area contributed by atoms with E-state index in [1.165, 1.54) is 24.1 Å². The molecule has 0 spiro atoms. The molecule has 17 heavy (non-hydrogen) atoms. The van der Waals surface area contributed by atoms with E-state index < -0.39 is 0 Å². The summed E-state index contributed by atoms with van der Waals surface area (Å²) in [4.78, 5) is 0.900. The van der Waals surface area contributed by atoms with Crippen LogP contribution in [0.1, 0.15) is 5.56 Å². The smallest absolute Gasteiger partial charge is 0.123 e. The first-order valence-corrected chi connectivity index (χ1v) is 6.11. The molecule has 2 rings (SSSR count). The van der Waals surface area contributed by atoms with Gasteiger partial charge >= 0.3 is 0 Å². The topological polar surface area (TPSA) is 12.4 Å². The second-order valence-corrected chi connectivity index (χ2v) is 4.63. The lowest BCUT2D eigenvalue weighted by Crippen LogP contribution is -1.78. The van der Waals surface area contributed by atoms with Crippen LogP contribution in [0.25, 0.3) is 0 Å². The highest BCUT2D eigenvalue weighted by molar-refractivity contribution is 7.98. The van der Waals surface area contributed by atoms with Crippen LogP contribution in [-0.4, -0.2) is 6.21 Å². The zero-order valence-electron chi connectivity index (χ0n) is 8.81. The Morgan fingerprint density at radius 1 is 1.00 bits per heavy atom. The minimum atomic E-state index is -0.240. The molecular weight excluding hydrogens is 257 g/mol. The van der Waals surface area contributed by atoms with Crippen molar-refractivity contribution in [3.63, 3.8) is 0 Å². The van der Waals surface area contributed by atoms with E-state index in [0.29, 0.717) is 5.02 Å². The van der Waals surface area contributed by atoms with E-state index >= 15 is 0 Å². The van der Waals surface area contributed by atoms with Crippen LogP contribution in [0.5, 0.6) is 0 Å². The first-order chi connectivity index (χ1) is 8.24. The van der Waals surface area contributed by atoms with E-state index in [9.17, 15) is 4.39 Å². The summed E-state index contributed by atoms with van der Waals surface area (Å²) < 4.78 is 16.8. The van der Waals surface area contributed by atoms with Crippen LogP contribution in [0, 0.1) is 5.82 Å². The molecule has 0 bridgehead atoms. The third-order valence-electron chi connectivity index (χ3n) is 2.04. The summed E-state index contributed by atoms with van der Waals surface area (Å²) in [5.74, 6) is -0.240. The van der Waals surface area contributed by atoms with Gasteiger partial charge < -0.3 is 0 Å². The van der Waals surface area contributed by atoms with Crippen molar-refractivity contribution in [2.24, 2.45) is 4.40 Å². The number of benzene rings is 2. The van der Waals surface area contributed by atoms with Crippen molar-refractivity contribution in [1.29, 1.82) is 0 Å². The first-order valence-electron chi connectivity index (χ1n) is 4.95. The molecule has 0 unspecified atom stereocenters. The van der Waals surface area contributed by atoms with Crippen LogP contribution in [-0.2, 0) is 0 Å². The van der Waals surface area contributed by atoms with Crippen LogP contribution in [0.2, 0.25) is 5.02 Å². The molecule has 0 aliphatic heterocycles. The fourth-order valence-electron chi connectivity index (χ4n) is 1.19. The Morgan fingerprint density at radius 3 is 2.29 bits per heavy atom. The van der Waals surface area contributed by atoms with Crippen LogP contribution >= 0.6 is 23.5 Å². The molecule has 2 aromatic carbocycles. The summed E-state index contributed by atoms with van der Waals surface area (Å²) in [5.41, 5.74) is 0.976. The summed E-state index contributed by atoms with van der Waals surface area (Å²) in [6.07, 6.45) is 1.74. The molecule has 0 fully saturated rings. The number of halogens is 2. The van der Waals surface area contributed by atoms with E-state index in [-0.39, 0.29) is 5.82 Å². The lowest BCUT2D eigenvalue weighted by molar-refractivity contribution is 0.626. The fraction of sp³-hybridized carbons (Fsp3) is 0. The molecule has 4 heteroatoms. The average Bonchev–Trinajstić information content (AvgIpc) is 2.34. The molecule has 0 radical (unpaired) electrons. The molecule has 0 aliphatic carbocycles. The molecule has 0 aliphatic rings. The molecule has 0 N–H and O–H groups in total. The zero-order chi connectivity index (χ0) is 12.1. The van der Waals surface area contributed by atoms with Crippen LogP contribution < -0.4 is 0 Å². The van der Waals surface area contributed by atoms with Gasteiger partial charge in [0.2, 0.25) is 0 Å². The minimum absolute atomic E-state index is 0.240. The van der Waals surface area contributed by atoms with E-state index in [2.05, 4.69) is 4.40 Å². The van der Waals surface area contributed by atoms with Gasteiger partial charge in [-0.05, 0) is 42.0 Å².